The molecule has 0 radical (unpaired) electrons. The molecule has 0 aliphatic heterocycles. The maximum Gasteiger partial charge on any atom is 0.178 e. The smallest absolute Gasteiger partial charge is 0.178 e. The molecule has 1 aromatic carbocycles. The highest BCUT2D eigenvalue weighted by molar-refractivity contribution is 7.91. The first-order valence-electron chi connectivity index (χ1n) is 7.20. The normalized spacial score (nSPS) is 12.6. The van der Waals surface area contributed by atoms with Crippen LogP contribution in [0.25, 0.3) is 11.3 Å². The second kappa shape index (κ2) is 5.43. The Morgan fingerprint density at radius 2 is 1.91 bits per heavy atom. The van der Waals surface area contributed by atoms with Crippen LogP contribution in [0.15, 0.2) is 29.2 Å². The zero-order valence-electron chi connectivity index (χ0n) is 13.6. The first kappa shape index (κ1) is 16.5. The number of hydrogen-bond acceptors (Lipinski definition) is 4. The van der Waals surface area contributed by atoms with E-state index in [-0.39, 0.29) is 21.9 Å². The topological polar surface area (TPSA) is 72.2 Å². The predicted octanol–water partition coefficient (Wildman–Crippen LogP) is 3.11. The minimum absolute atomic E-state index is 0.0396. The van der Waals surface area contributed by atoms with Crippen LogP contribution < -0.4 is 0 Å². The minimum Gasteiger partial charge on any atom is -0.504 e. The SMILES string of the molecule is CCS(=O)(=O)c1cccc(-c2nn(C(C)(C)C)c(C)c2O)c1. The van der Waals surface area contributed by atoms with Crippen LogP contribution >= 0.6 is 0 Å². The number of rotatable bonds is 3. The molecule has 0 saturated carbocycles. The molecule has 0 saturated heterocycles. The lowest BCUT2D eigenvalue weighted by Crippen LogP contribution is -2.24. The summed E-state index contributed by atoms with van der Waals surface area (Å²) in [6.45, 7) is 9.39. The Hall–Kier alpha value is -1.82. The van der Waals surface area contributed by atoms with Crippen LogP contribution in [0.3, 0.4) is 0 Å². The largest absolute Gasteiger partial charge is 0.504 e. The van der Waals surface area contributed by atoms with Crippen molar-refractivity contribution in [3.05, 3.63) is 30.0 Å². The highest BCUT2D eigenvalue weighted by atomic mass is 32.2. The van der Waals surface area contributed by atoms with E-state index >= 15 is 0 Å². The monoisotopic (exact) mass is 322 g/mol. The third kappa shape index (κ3) is 2.88. The summed E-state index contributed by atoms with van der Waals surface area (Å²) in [6.07, 6.45) is 0. The van der Waals surface area contributed by atoms with Gasteiger partial charge in [-0.05, 0) is 39.8 Å². The number of hydrogen-bond donors (Lipinski definition) is 1. The van der Waals surface area contributed by atoms with Gasteiger partial charge in [-0.25, -0.2) is 8.42 Å². The molecule has 0 spiro atoms. The maximum atomic E-state index is 12.0. The fraction of sp³-hybridized carbons (Fsp3) is 0.438. The predicted molar refractivity (Wildman–Crippen MR) is 86.8 cm³/mol. The van der Waals surface area contributed by atoms with Gasteiger partial charge in [0.1, 0.15) is 5.69 Å². The summed E-state index contributed by atoms with van der Waals surface area (Å²) in [5, 5.41) is 14.8. The highest BCUT2D eigenvalue weighted by Gasteiger charge is 2.23. The number of aromatic hydroxyl groups is 1. The van der Waals surface area contributed by atoms with Gasteiger partial charge in [-0.3, -0.25) is 4.68 Å². The summed E-state index contributed by atoms with van der Waals surface area (Å²) in [7, 11) is -3.29. The number of nitrogens with zero attached hydrogens (tertiary/aromatic N) is 2. The van der Waals surface area contributed by atoms with Crippen molar-refractivity contribution in [2.75, 3.05) is 5.75 Å². The fourth-order valence-electron chi connectivity index (χ4n) is 2.35. The van der Waals surface area contributed by atoms with Crippen molar-refractivity contribution in [1.82, 2.24) is 9.78 Å². The van der Waals surface area contributed by atoms with Crippen LogP contribution in [0.1, 0.15) is 33.4 Å². The molecule has 2 aromatic rings. The Morgan fingerprint density at radius 1 is 1.27 bits per heavy atom. The fourth-order valence-corrected chi connectivity index (χ4v) is 3.27. The molecule has 120 valence electrons. The van der Waals surface area contributed by atoms with E-state index < -0.39 is 9.84 Å². The average molecular weight is 322 g/mol. The van der Waals surface area contributed by atoms with Crippen molar-refractivity contribution < 1.29 is 13.5 Å². The number of benzene rings is 1. The van der Waals surface area contributed by atoms with Gasteiger partial charge in [0, 0.05) is 5.56 Å². The Labute approximate surface area is 131 Å². The highest BCUT2D eigenvalue weighted by Crippen LogP contribution is 2.34. The second-order valence-corrected chi connectivity index (χ2v) is 8.57. The zero-order valence-corrected chi connectivity index (χ0v) is 14.4. The van der Waals surface area contributed by atoms with E-state index in [4.69, 9.17) is 0 Å². The zero-order chi connectivity index (χ0) is 16.7. The Morgan fingerprint density at radius 3 is 2.41 bits per heavy atom. The average Bonchev–Trinajstić information content (AvgIpc) is 2.75. The molecule has 1 heterocycles. The summed E-state index contributed by atoms with van der Waals surface area (Å²) in [6, 6.07) is 6.55. The van der Waals surface area contributed by atoms with Gasteiger partial charge in [0.15, 0.2) is 15.6 Å². The van der Waals surface area contributed by atoms with E-state index in [9.17, 15) is 13.5 Å². The van der Waals surface area contributed by atoms with Gasteiger partial charge < -0.3 is 5.11 Å². The molecular weight excluding hydrogens is 300 g/mol. The minimum atomic E-state index is -3.29. The molecule has 0 bridgehead atoms. The molecule has 2 rings (SSSR count). The lowest BCUT2D eigenvalue weighted by atomic mass is 10.1. The molecule has 0 unspecified atom stereocenters. The molecule has 0 aliphatic rings. The van der Waals surface area contributed by atoms with Crippen LogP contribution in [0.5, 0.6) is 5.75 Å². The molecular formula is C16H22N2O3S. The van der Waals surface area contributed by atoms with E-state index in [1.165, 1.54) is 0 Å². The maximum absolute atomic E-state index is 12.0. The van der Waals surface area contributed by atoms with Gasteiger partial charge in [-0.2, -0.15) is 5.10 Å². The van der Waals surface area contributed by atoms with Crippen LogP contribution in [0, 0.1) is 6.92 Å². The number of aromatic nitrogens is 2. The summed E-state index contributed by atoms with van der Waals surface area (Å²) in [5.74, 6) is 0.124. The van der Waals surface area contributed by atoms with Crippen molar-refractivity contribution in [3.63, 3.8) is 0 Å². The van der Waals surface area contributed by atoms with Crippen LogP contribution in [0.4, 0.5) is 0 Å². The van der Waals surface area contributed by atoms with E-state index in [1.807, 2.05) is 20.8 Å². The second-order valence-electron chi connectivity index (χ2n) is 6.30. The van der Waals surface area contributed by atoms with Gasteiger partial charge in [0.25, 0.3) is 0 Å². The van der Waals surface area contributed by atoms with Gasteiger partial charge in [-0.15, -0.1) is 0 Å². The first-order chi connectivity index (χ1) is 10.1. The van der Waals surface area contributed by atoms with E-state index in [1.54, 1.807) is 42.8 Å². The Bertz CT molecular complexity index is 799. The van der Waals surface area contributed by atoms with E-state index in [0.29, 0.717) is 17.0 Å². The van der Waals surface area contributed by atoms with Crippen LogP contribution in [0.2, 0.25) is 0 Å². The molecule has 0 amide bonds. The summed E-state index contributed by atoms with van der Waals surface area (Å²) in [4.78, 5) is 0.245. The molecule has 22 heavy (non-hydrogen) atoms. The number of sulfone groups is 1. The van der Waals surface area contributed by atoms with Crippen molar-refractivity contribution in [2.45, 2.75) is 45.1 Å². The van der Waals surface area contributed by atoms with Crippen molar-refractivity contribution in [2.24, 2.45) is 0 Å². The Balaban J connectivity index is 2.62. The molecule has 0 aliphatic carbocycles. The summed E-state index contributed by atoms with van der Waals surface area (Å²) < 4.78 is 25.8. The molecule has 6 heteroatoms. The summed E-state index contributed by atoms with van der Waals surface area (Å²) in [5.41, 5.74) is 1.39. The summed E-state index contributed by atoms with van der Waals surface area (Å²) >= 11 is 0. The van der Waals surface area contributed by atoms with Gasteiger partial charge in [-0.1, -0.05) is 19.1 Å². The third-order valence-corrected chi connectivity index (χ3v) is 5.30. The van der Waals surface area contributed by atoms with E-state index in [2.05, 4.69) is 5.10 Å². The molecule has 1 aromatic heterocycles. The first-order valence-corrected chi connectivity index (χ1v) is 8.85. The van der Waals surface area contributed by atoms with Gasteiger partial charge in [0.05, 0.1) is 21.9 Å². The van der Waals surface area contributed by atoms with Crippen molar-refractivity contribution in [1.29, 1.82) is 0 Å². The van der Waals surface area contributed by atoms with Crippen LogP contribution in [-0.2, 0) is 15.4 Å². The van der Waals surface area contributed by atoms with Gasteiger partial charge >= 0.3 is 0 Å². The van der Waals surface area contributed by atoms with Crippen molar-refractivity contribution in [3.8, 4) is 17.0 Å². The standard InChI is InChI=1S/C16H22N2O3S/c1-6-22(20,21)13-9-7-8-12(10-13)14-15(19)11(2)18(17-14)16(3,4)5/h7-10,19H,6H2,1-5H3. The van der Waals surface area contributed by atoms with Gasteiger partial charge in [0.2, 0.25) is 0 Å². The quantitative estimate of drug-likeness (QED) is 0.942. The van der Waals surface area contributed by atoms with Crippen molar-refractivity contribution >= 4 is 9.84 Å². The lowest BCUT2D eigenvalue weighted by Gasteiger charge is -2.20. The van der Waals surface area contributed by atoms with E-state index in [0.717, 1.165) is 0 Å². The third-order valence-electron chi connectivity index (χ3n) is 3.57. The molecule has 5 nitrogen and oxygen atoms in total. The lowest BCUT2D eigenvalue weighted by molar-refractivity contribution is 0.345. The van der Waals surface area contributed by atoms with Crippen LogP contribution in [-0.4, -0.2) is 29.1 Å². The molecule has 1 N–H and O–H groups in total. The Kier molecular flexibility index (Phi) is 4.08. The molecule has 0 atom stereocenters. The molecule has 0 fully saturated rings.